The molecule has 6 nitrogen and oxygen atoms in total. The summed E-state index contributed by atoms with van der Waals surface area (Å²) in [5.41, 5.74) is 7.03. The van der Waals surface area contributed by atoms with E-state index in [0.717, 1.165) is 71.8 Å². The van der Waals surface area contributed by atoms with E-state index in [2.05, 4.69) is 50.1 Å². The summed E-state index contributed by atoms with van der Waals surface area (Å²) >= 11 is 1.55. The minimum Gasteiger partial charge on any atom is -0.353 e. The van der Waals surface area contributed by atoms with Crippen molar-refractivity contribution in [2.24, 2.45) is 0 Å². The van der Waals surface area contributed by atoms with E-state index in [0.29, 0.717) is 6.42 Å². The SMILES string of the molecule is O=C(Cc1ccc(-c2ccc3ncc(N4CCN(Cc5cccnc5)CC4)nc3c2)cc1)c1ccsc1. The number of anilines is 1. The van der Waals surface area contributed by atoms with Crippen LogP contribution in [0.5, 0.6) is 0 Å². The summed E-state index contributed by atoms with van der Waals surface area (Å²) in [5.74, 6) is 1.08. The third-order valence-corrected chi connectivity index (χ3v) is 7.53. The number of hydrogen-bond acceptors (Lipinski definition) is 7. The molecule has 0 aliphatic carbocycles. The summed E-state index contributed by atoms with van der Waals surface area (Å²) in [6.45, 7) is 4.73. The molecule has 1 saturated heterocycles. The molecule has 4 heterocycles. The fourth-order valence-electron chi connectivity index (χ4n) is 4.74. The molecule has 0 saturated carbocycles. The average Bonchev–Trinajstić information content (AvgIpc) is 3.49. The number of carbonyl (C=O) groups excluding carboxylic acids is 1. The van der Waals surface area contributed by atoms with Crippen molar-refractivity contribution in [2.45, 2.75) is 13.0 Å². The second-order valence-corrected chi connectivity index (χ2v) is 10.1. The van der Waals surface area contributed by atoms with Crippen molar-refractivity contribution < 1.29 is 4.79 Å². The lowest BCUT2D eigenvalue weighted by molar-refractivity contribution is 0.0993. The molecule has 0 spiro atoms. The fourth-order valence-corrected chi connectivity index (χ4v) is 5.40. The zero-order valence-electron chi connectivity index (χ0n) is 20.5. The van der Waals surface area contributed by atoms with Crippen molar-refractivity contribution in [3.8, 4) is 11.1 Å². The van der Waals surface area contributed by atoms with Gasteiger partial charge >= 0.3 is 0 Å². The Morgan fingerprint density at radius 1 is 0.865 bits per heavy atom. The monoisotopic (exact) mass is 505 g/mol. The Labute approximate surface area is 220 Å². The number of piperazine rings is 1. The molecule has 184 valence electrons. The Kier molecular flexibility index (Phi) is 6.71. The third-order valence-electron chi connectivity index (χ3n) is 6.85. The summed E-state index contributed by atoms with van der Waals surface area (Å²) < 4.78 is 0. The zero-order chi connectivity index (χ0) is 25.0. The van der Waals surface area contributed by atoms with Gasteiger partial charge in [-0.3, -0.25) is 19.7 Å². The number of pyridine rings is 1. The largest absolute Gasteiger partial charge is 0.353 e. The van der Waals surface area contributed by atoms with Crippen molar-refractivity contribution in [3.05, 3.63) is 107 Å². The van der Waals surface area contributed by atoms with E-state index in [1.165, 1.54) is 5.56 Å². The van der Waals surface area contributed by atoms with Gasteiger partial charge < -0.3 is 4.90 Å². The van der Waals surface area contributed by atoms with E-state index in [1.54, 1.807) is 11.3 Å². The van der Waals surface area contributed by atoms with Crippen LogP contribution in [-0.2, 0) is 13.0 Å². The summed E-state index contributed by atoms with van der Waals surface area (Å²) in [4.78, 5) is 31.1. The van der Waals surface area contributed by atoms with Crippen LogP contribution in [0.3, 0.4) is 0 Å². The van der Waals surface area contributed by atoms with Crippen LogP contribution >= 0.6 is 11.3 Å². The first-order valence-corrected chi connectivity index (χ1v) is 13.4. The normalized spacial score (nSPS) is 14.2. The van der Waals surface area contributed by atoms with Gasteiger partial charge in [-0.2, -0.15) is 11.3 Å². The van der Waals surface area contributed by atoms with Crippen LogP contribution in [0.25, 0.3) is 22.2 Å². The molecule has 3 aromatic heterocycles. The van der Waals surface area contributed by atoms with Crippen LogP contribution in [0.15, 0.2) is 90.0 Å². The standard InChI is InChI=1S/C30H27N5OS/c36-29(26-9-15-37-21-26)16-22-3-5-24(6-4-22)25-7-8-27-28(17-25)33-30(19-32-27)35-13-11-34(12-14-35)20-23-2-1-10-31-18-23/h1-10,15,17-19,21H,11-14,16,20H2. The maximum absolute atomic E-state index is 12.4. The Balaban J connectivity index is 1.14. The van der Waals surface area contributed by atoms with E-state index in [1.807, 2.05) is 59.7 Å². The Bertz CT molecular complexity index is 1490. The number of hydrogen-bond donors (Lipinski definition) is 0. The predicted molar refractivity (Wildman–Crippen MR) is 149 cm³/mol. The highest BCUT2D eigenvalue weighted by Crippen LogP contribution is 2.25. The van der Waals surface area contributed by atoms with Gasteiger partial charge in [0.25, 0.3) is 0 Å². The average molecular weight is 506 g/mol. The summed E-state index contributed by atoms with van der Waals surface area (Å²) in [6.07, 6.45) is 6.06. The predicted octanol–water partition coefficient (Wildman–Crippen LogP) is 5.50. The number of thiophene rings is 1. The summed E-state index contributed by atoms with van der Waals surface area (Å²) in [6, 6.07) is 20.5. The van der Waals surface area contributed by atoms with Gasteiger partial charge in [0.15, 0.2) is 5.78 Å². The fraction of sp³-hybridized carbons (Fsp3) is 0.200. The van der Waals surface area contributed by atoms with Crippen LogP contribution in [0.4, 0.5) is 5.82 Å². The molecule has 0 N–H and O–H groups in total. The number of fused-ring (bicyclic) bond motifs is 1. The molecule has 6 rings (SSSR count). The highest BCUT2D eigenvalue weighted by Gasteiger charge is 2.19. The number of nitrogens with zero attached hydrogens (tertiary/aromatic N) is 5. The van der Waals surface area contributed by atoms with Gasteiger partial charge in [-0.05, 0) is 51.9 Å². The Hall–Kier alpha value is -3.94. The van der Waals surface area contributed by atoms with E-state index in [4.69, 9.17) is 4.98 Å². The topological polar surface area (TPSA) is 62.2 Å². The van der Waals surface area contributed by atoms with Gasteiger partial charge in [-0.25, -0.2) is 4.98 Å². The molecule has 2 aromatic carbocycles. The molecule has 0 atom stereocenters. The highest BCUT2D eigenvalue weighted by atomic mass is 32.1. The first-order valence-electron chi connectivity index (χ1n) is 12.5. The van der Waals surface area contributed by atoms with Crippen molar-refractivity contribution in [2.75, 3.05) is 31.1 Å². The smallest absolute Gasteiger partial charge is 0.168 e. The van der Waals surface area contributed by atoms with E-state index in [-0.39, 0.29) is 5.78 Å². The summed E-state index contributed by atoms with van der Waals surface area (Å²) in [5, 5.41) is 3.84. The first kappa shape index (κ1) is 23.5. The molecule has 1 aliphatic heterocycles. The number of Topliss-reactive ketones (excluding diaryl/α,β-unsaturated/α-hetero) is 1. The third kappa shape index (κ3) is 5.43. The van der Waals surface area contributed by atoms with E-state index < -0.39 is 0 Å². The second-order valence-electron chi connectivity index (χ2n) is 9.37. The van der Waals surface area contributed by atoms with Crippen LogP contribution in [0, 0.1) is 0 Å². The van der Waals surface area contributed by atoms with Gasteiger partial charge in [0.2, 0.25) is 0 Å². The number of aromatic nitrogens is 3. The first-order chi connectivity index (χ1) is 18.2. The van der Waals surface area contributed by atoms with Crippen LogP contribution in [0.2, 0.25) is 0 Å². The number of benzene rings is 2. The van der Waals surface area contributed by atoms with Gasteiger partial charge in [0.1, 0.15) is 5.82 Å². The van der Waals surface area contributed by atoms with E-state index in [9.17, 15) is 4.79 Å². The lowest BCUT2D eigenvalue weighted by Gasteiger charge is -2.35. The lowest BCUT2D eigenvalue weighted by Crippen LogP contribution is -2.46. The maximum atomic E-state index is 12.4. The van der Waals surface area contributed by atoms with E-state index >= 15 is 0 Å². The maximum Gasteiger partial charge on any atom is 0.168 e. The molecule has 0 radical (unpaired) electrons. The highest BCUT2D eigenvalue weighted by molar-refractivity contribution is 7.08. The molecule has 37 heavy (non-hydrogen) atoms. The minimum atomic E-state index is 0.153. The number of ketones is 1. The van der Waals surface area contributed by atoms with Crippen molar-refractivity contribution in [1.82, 2.24) is 19.9 Å². The van der Waals surface area contributed by atoms with Gasteiger partial charge in [0, 0.05) is 62.5 Å². The van der Waals surface area contributed by atoms with Crippen molar-refractivity contribution in [3.63, 3.8) is 0 Å². The molecule has 0 bridgehead atoms. The summed E-state index contributed by atoms with van der Waals surface area (Å²) in [7, 11) is 0. The quantitative estimate of drug-likeness (QED) is 0.272. The van der Waals surface area contributed by atoms with Crippen LogP contribution < -0.4 is 4.90 Å². The number of rotatable bonds is 7. The molecule has 7 heteroatoms. The number of carbonyl (C=O) groups is 1. The molecule has 1 fully saturated rings. The Morgan fingerprint density at radius 3 is 2.46 bits per heavy atom. The van der Waals surface area contributed by atoms with Crippen molar-refractivity contribution >= 4 is 34.0 Å². The minimum absolute atomic E-state index is 0.153. The molecule has 0 amide bonds. The van der Waals surface area contributed by atoms with Crippen molar-refractivity contribution in [1.29, 1.82) is 0 Å². The zero-order valence-corrected chi connectivity index (χ0v) is 21.3. The molecule has 1 aliphatic rings. The van der Waals surface area contributed by atoms with Gasteiger partial charge in [-0.1, -0.05) is 36.4 Å². The molecular weight excluding hydrogens is 478 g/mol. The molecule has 5 aromatic rings. The Morgan fingerprint density at radius 2 is 1.70 bits per heavy atom. The van der Waals surface area contributed by atoms with Crippen LogP contribution in [0.1, 0.15) is 21.5 Å². The van der Waals surface area contributed by atoms with Gasteiger partial charge in [-0.15, -0.1) is 0 Å². The molecular formula is C30H27N5OS. The van der Waals surface area contributed by atoms with Crippen LogP contribution in [-0.4, -0.2) is 51.8 Å². The molecule has 0 unspecified atom stereocenters. The second kappa shape index (κ2) is 10.6. The van der Waals surface area contributed by atoms with Gasteiger partial charge in [0.05, 0.1) is 17.2 Å². The lowest BCUT2D eigenvalue weighted by atomic mass is 10.00.